The number of amides is 1. The fraction of sp³-hybridized carbons (Fsp3) is 0.421. The highest BCUT2D eigenvalue weighted by Gasteiger charge is 2.58. The molecular weight excluding hydrogens is 346 g/mol. The second-order valence-corrected chi connectivity index (χ2v) is 8.31. The number of aromatic amines is 1. The van der Waals surface area contributed by atoms with Gasteiger partial charge in [-0.1, -0.05) is 12.1 Å². The Morgan fingerprint density at radius 3 is 3.04 bits per heavy atom. The van der Waals surface area contributed by atoms with Crippen LogP contribution in [0.4, 0.5) is 0 Å². The van der Waals surface area contributed by atoms with Gasteiger partial charge in [-0.25, -0.2) is 4.98 Å². The Morgan fingerprint density at radius 1 is 1.35 bits per heavy atom. The van der Waals surface area contributed by atoms with Crippen molar-refractivity contribution in [2.24, 2.45) is 5.41 Å². The number of nitrogens with one attached hydrogen (secondary N) is 2. The van der Waals surface area contributed by atoms with Crippen LogP contribution in [0.2, 0.25) is 0 Å². The lowest BCUT2D eigenvalue weighted by molar-refractivity contribution is 0.0694. The third kappa shape index (κ3) is 2.62. The summed E-state index contributed by atoms with van der Waals surface area (Å²) in [6, 6.07) is 6.11. The highest BCUT2D eigenvalue weighted by Crippen LogP contribution is 2.56. The van der Waals surface area contributed by atoms with Crippen LogP contribution in [0.15, 0.2) is 36.0 Å². The van der Waals surface area contributed by atoms with Gasteiger partial charge in [-0.05, 0) is 43.8 Å². The van der Waals surface area contributed by atoms with Gasteiger partial charge in [0.05, 0.1) is 23.8 Å². The molecule has 1 aliphatic heterocycles. The van der Waals surface area contributed by atoms with Gasteiger partial charge in [0.15, 0.2) is 0 Å². The number of H-pyrrole nitrogens is 1. The Balaban J connectivity index is 1.49. The van der Waals surface area contributed by atoms with Gasteiger partial charge in [-0.3, -0.25) is 9.89 Å². The monoisotopic (exact) mass is 367 g/mol. The van der Waals surface area contributed by atoms with Gasteiger partial charge < -0.3 is 10.2 Å². The van der Waals surface area contributed by atoms with Crippen LogP contribution in [-0.2, 0) is 6.54 Å². The molecule has 2 fully saturated rings. The minimum atomic E-state index is 0.0791. The Labute approximate surface area is 155 Å². The first-order chi connectivity index (χ1) is 12.8. The molecule has 1 amide bonds. The van der Waals surface area contributed by atoms with Gasteiger partial charge >= 0.3 is 0 Å². The van der Waals surface area contributed by atoms with Gasteiger partial charge in [-0.2, -0.15) is 5.10 Å². The first-order valence-electron chi connectivity index (χ1n) is 9.09. The number of aromatic nitrogens is 3. The van der Waals surface area contributed by atoms with Crippen LogP contribution in [0.5, 0.6) is 0 Å². The van der Waals surface area contributed by atoms with Crippen LogP contribution in [0.3, 0.4) is 0 Å². The Kier molecular flexibility index (Phi) is 3.79. The van der Waals surface area contributed by atoms with E-state index >= 15 is 0 Å². The molecule has 26 heavy (non-hydrogen) atoms. The molecule has 3 aromatic rings. The van der Waals surface area contributed by atoms with E-state index < -0.39 is 0 Å². The number of hydrogen-bond donors (Lipinski definition) is 2. The molecule has 2 N–H and O–H groups in total. The van der Waals surface area contributed by atoms with Crippen LogP contribution >= 0.6 is 11.3 Å². The Morgan fingerprint density at radius 2 is 2.23 bits per heavy atom. The van der Waals surface area contributed by atoms with Gasteiger partial charge in [0.25, 0.3) is 5.91 Å². The summed E-state index contributed by atoms with van der Waals surface area (Å²) in [5.41, 5.74) is 1.81. The van der Waals surface area contributed by atoms with Crippen molar-refractivity contribution >= 4 is 28.1 Å². The topological polar surface area (TPSA) is 73.9 Å². The quantitative estimate of drug-likeness (QED) is 0.744. The number of thiazole rings is 1. The first kappa shape index (κ1) is 16.0. The summed E-state index contributed by atoms with van der Waals surface area (Å²) in [7, 11) is 0. The predicted molar refractivity (Wildman–Crippen MR) is 101 cm³/mol. The van der Waals surface area contributed by atoms with E-state index in [4.69, 9.17) is 0 Å². The molecule has 1 aliphatic carbocycles. The SMILES string of the molecule is O=C(c1cccc2cn[nH]c12)N(Cc1nccs1)C1CC12CCNCC2. The lowest BCUT2D eigenvalue weighted by Gasteiger charge is -2.29. The maximum Gasteiger partial charge on any atom is 0.256 e. The number of nitrogens with zero attached hydrogens (tertiary/aromatic N) is 3. The smallest absolute Gasteiger partial charge is 0.256 e. The molecule has 134 valence electrons. The number of benzene rings is 1. The van der Waals surface area contributed by atoms with E-state index in [0.717, 1.165) is 48.3 Å². The predicted octanol–water partition coefficient (Wildman–Crippen LogP) is 2.80. The van der Waals surface area contributed by atoms with Gasteiger partial charge in [0, 0.05) is 23.0 Å². The van der Waals surface area contributed by atoms with E-state index in [1.54, 1.807) is 17.5 Å². The number of hydrogen-bond acceptors (Lipinski definition) is 5. The van der Waals surface area contributed by atoms with Crippen molar-refractivity contribution in [1.82, 2.24) is 25.4 Å². The first-order valence-corrected chi connectivity index (χ1v) is 9.97. The highest BCUT2D eigenvalue weighted by atomic mass is 32.1. The molecule has 3 heterocycles. The zero-order valence-electron chi connectivity index (χ0n) is 14.4. The summed E-state index contributed by atoms with van der Waals surface area (Å²) in [5.74, 6) is 0.0791. The lowest BCUT2D eigenvalue weighted by atomic mass is 9.93. The van der Waals surface area contributed by atoms with E-state index in [1.807, 2.05) is 29.8 Å². The van der Waals surface area contributed by atoms with Crippen molar-refractivity contribution in [2.45, 2.75) is 31.8 Å². The molecule has 1 unspecified atom stereocenters. The van der Waals surface area contributed by atoms with Gasteiger partial charge in [0.2, 0.25) is 0 Å². The van der Waals surface area contributed by atoms with Crippen molar-refractivity contribution in [1.29, 1.82) is 0 Å². The molecule has 5 rings (SSSR count). The van der Waals surface area contributed by atoms with E-state index in [-0.39, 0.29) is 5.91 Å². The highest BCUT2D eigenvalue weighted by molar-refractivity contribution is 7.09. The zero-order chi connectivity index (χ0) is 17.6. The van der Waals surface area contributed by atoms with Crippen LogP contribution in [0.25, 0.3) is 10.9 Å². The zero-order valence-corrected chi connectivity index (χ0v) is 15.3. The molecule has 1 atom stereocenters. The van der Waals surface area contributed by atoms with E-state index in [9.17, 15) is 4.79 Å². The maximum atomic E-state index is 13.5. The minimum absolute atomic E-state index is 0.0791. The summed E-state index contributed by atoms with van der Waals surface area (Å²) in [5, 5.41) is 14.5. The number of piperidine rings is 1. The van der Waals surface area contributed by atoms with Crippen molar-refractivity contribution in [3.05, 3.63) is 46.5 Å². The summed E-state index contributed by atoms with van der Waals surface area (Å²) < 4.78 is 0. The summed E-state index contributed by atoms with van der Waals surface area (Å²) in [6.07, 6.45) is 6.97. The minimum Gasteiger partial charge on any atom is -0.328 e. The molecule has 2 aliphatic rings. The van der Waals surface area contributed by atoms with Crippen LogP contribution in [0.1, 0.15) is 34.6 Å². The number of carbonyl (C=O) groups is 1. The molecule has 0 radical (unpaired) electrons. The average molecular weight is 367 g/mol. The molecule has 1 aromatic carbocycles. The number of fused-ring (bicyclic) bond motifs is 1. The van der Waals surface area contributed by atoms with Crippen molar-refractivity contribution in [2.75, 3.05) is 13.1 Å². The third-order valence-electron chi connectivity index (χ3n) is 5.88. The molecule has 1 spiro atoms. The number of para-hydroxylation sites is 1. The second-order valence-electron chi connectivity index (χ2n) is 7.33. The van der Waals surface area contributed by atoms with Crippen LogP contribution in [-0.4, -0.2) is 45.1 Å². The molecule has 1 saturated heterocycles. The molecule has 1 saturated carbocycles. The fourth-order valence-corrected chi connectivity index (χ4v) is 4.95. The maximum absolute atomic E-state index is 13.5. The summed E-state index contributed by atoms with van der Waals surface area (Å²) in [6.45, 7) is 2.68. The van der Waals surface area contributed by atoms with Crippen molar-refractivity contribution < 1.29 is 4.79 Å². The van der Waals surface area contributed by atoms with Gasteiger partial charge in [-0.15, -0.1) is 11.3 Å². The Bertz CT molecular complexity index is 928. The average Bonchev–Trinajstić information content (AvgIpc) is 3.08. The third-order valence-corrected chi connectivity index (χ3v) is 6.64. The van der Waals surface area contributed by atoms with E-state index in [0.29, 0.717) is 23.6 Å². The largest absolute Gasteiger partial charge is 0.328 e. The van der Waals surface area contributed by atoms with Gasteiger partial charge in [0.1, 0.15) is 5.01 Å². The fourth-order valence-electron chi connectivity index (χ4n) is 4.33. The molecule has 2 aromatic heterocycles. The van der Waals surface area contributed by atoms with Crippen LogP contribution < -0.4 is 5.32 Å². The molecule has 6 nitrogen and oxygen atoms in total. The normalized spacial score (nSPS) is 21.2. The second kappa shape index (κ2) is 6.17. The number of carbonyl (C=O) groups excluding carboxylic acids is 1. The van der Waals surface area contributed by atoms with E-state index in [1.165, 1.54) is 0 Å². The van der Waals surface area contributed by atoms with E-state index in [2.05, 4.69) is 25.4 Å². The summed E-state index contributed by atoms with van der Waals surface area (Å²) in [4.78, 5) is 20.0. The lowest BCUT2D eigenvalue weighted by Crippen LogP contribution is -2.39. The molecular formula is C19H21N5OS. The molecule has 7 heteroatoms. The van der Waals surface area contributed by atoms with Crippen LogP contribution in [0, 0.1) is 5.41 Å². The van der Waals surface area contributed by atoms with Crippen molar-refractivity contribution in [3.8, 4) is 0 Å². The molecule has 0 bridgehead atoms. The number of rotatable bonds is 4. The summed E-state index contributed by atoms with van der Waals surface area (Å²) >= 11 is 1.61. The standard InChI is InChI=1S/C19H21N5OS/c25-18(14-3-1-2-13-11-22-23-17(13)14)24(12-16-21-8-9-26-16)15-10-19(15)4-6-20-7-5-19/h1-3,8-9,11,15,20H,4-7,10,12H2,(H,22,23). The Hall–Kier alpha value is -2.25. The van der Waals surface area contributed by atoms with Crippen molar-refractivity contribution in [3.63, 3.8) is 0 Å².